The molecule has 20 heavy (non-hydrogen) atoms. The highest BCUT2D eigenvalue weighted by Gasteiger charge is 2.23. The fourth-order valence-electron chi connectivity index (χ4n) is 1.94. The van der Waals surface area contributed by atoms with Gasteiger partial charge in [0.25, 0.3) is 0 Å². The van der Waals surface area contributed by atoms with Gasteiger partial charge >= 0.3 is 0 Å². The van der Waals surface area contributed by atoms with Crippen LogP contribution in [0.3, 0.4) is 0 Å². The lowest BCUT2D eigenvalue weighted by molar-refractivity contribution is -0.119. The van der Waals surface area contributed by atoms with Crippen LogP contribution in [-0.2, 0) is 4.79 Å². The third kappa shape index (κ3) is 3.19. The Labute approximate surface area is 125 Å². The third-order valence-corrected chi connectivity index (χ3v) is 3.58. The molecule has 1 fully saturated rings. The van der Waals surface area contributed by atoms with Gasteiger partial charge in [0, 0.05) is 22.9 Å². The maximum absolute atomic E-state index is 11.7. The zero-order valence-electron chi connectivity index (χ0n) is 10.8. The summed E-state index contributed by atoms with van der Waals surface area (Å²) < 4.78 is 2.73. The first-order valence-corrected chi connectivity index (χ1v) is 7.34. The van der Waals surface area contributed by atoms with Crippen LogP contribution in [0.5, 0.6) is 0 Å². The summed E-state index contributed by atoms with van der Waals surface area (Å²) in [6.07, 6.45) is 5.80. The number of hydrogen-bond donors (Lipinski definition) is 2. The van der Waals surface area contributed by atoms with Gasteiger partial charge in [0.05, 0.1) is 17.9 Å². The van der Waals surface area contributed by atoms with Crippen LogP contribution in [0, 0.1) is 0 Å². The summed E-state index contributed by atoms with van der Waals surface area (Å²) in [5.74, 6) is 0.0268. The Bertz CT molecular complexity index is 608. The number of nitrogens with one attached hydrogen (secondary N) is 2. The van der Waals surface area contributed by atoms with E-state index in [1.807, 2.05) is 30.5 Å². The van der Waals surface area contributed by atoms with Crippen LogP contribution in [0.25, 0.3) is 5.69 Å². The highest BCUT2D eigenvalue weighted by atomic mass is 79.9. The van der Waals surface area contributed by atoms with Crippen molar-refractivity contribution >= 4 is 27.5 Å². The molecule has 0 saturated heterocycles. The largest absolute Gasteiger partial charge is 0.374 e. The smallest absolute Gasteiger partial charge is 0.239 e. The van der Waals surface area contributed by atoms with Crippen LogP contribution in [0.2, 0.25) is 0 Å². The molecule has 1 amide bonds. The van der Waals surface area contributed by atoms with E-state index in [9.17, 15) is 4.79 Å². The van der Waals surface area contributed by atoms with E-state index in [4.69, 9.17) is 0 Å². The molecule has 2 N–H and O–H groups in total. The van der Waals surface area contributed by atoms with E-state index in [1.54, 1.807) is 10.9 Å². The van der Waals surface area contributed by atoms with Crippen molar-refractivity contribution in [2.45, 2.75) is 18.9 Å². The number of carbonyl (C=O) groups excluding carboxylic acids is 1. The summed E-state index contributed by atoms with van der Waals surface area (Å²) in [5.41, 5.74) is 1.78. The molecule has 1 aliphatic carbocycles. The Hall–Kier alpha value is -1.82. The first-order valence-electron chi connectivity index (χ1n) is 6.55. The number of carbonyl (C=O) groups is 1. The van der Waals surface area contributed by atoms with Gasteiger partial charge in [-0.1, -0.05) is 15.9 Å². The molecular formula is C14H15BrN4O. The molecule has 5 nitrogen and oxygen atoms in total. The number of anilines is 1. The van der Waals surface area contributed by atoms with Gasteiger partial charge in [-0.25, -0.2) is 4.68 Å². The number of amides is 1. The van der Waals surface area contributed by atoms with Crippen LogP contribution in [-0.4, -0.2) is 28.3 Å². The normalized spacial score (nSPS) is 14.1. The van der Waals surface area contributed by atoms with E-state index in [0.717, 1.165) is 28.7 Å². The Morgan fingerprint density at radius 1 is 1.45 bits per heavy atom. The standard InChI is InChI=1S/C14H15BrN4O/c15-10-2-5-13(19-7-1-6-17-19)12(8-10)16-9-14(20)18-11-3-4-11/h1-2,5-8,11,16H,3-4,9H2,(H,18,20). The molecule has 1 aromatic heterocycles. The number of nitrogens with zero attached hydrogens (tertiary/aromatic N) is 2. The van der Waals surface area contributed by atoms with Crippen LogP contribution >= 0.6 is 15.9 Å². The third-order valence-electron chi connectivity index (χ3n) is 3.09. The maximum atomic E-state index is 11.7. The minimum Gasteiger partial charge on any atom is -0.374 e. The van der Waals surface area contributed by atoms with E-state index < -0.39 is 0 Å². The van der Waals surface area contributed by atoms with Gasteiger partial charge in [0.1, 0.15) is 0 Å². The number of hydrogen-bond acceptors (Lipinski definition) is 3. The molecular weight excluding hydrogens is 320 g/mol. The monoisotopic (exact) mass is 334 g/mol. The van der Waals surface area contributed by atoms with Gasteiger partial charge in [-0.3, -0.25) is 4.79 Å². The SMILES string of the molecule is O=C(CNc1cc(Br)ccc1-n1cccn1)NC1CC1. The zero-order valence-corrected chi connectivity index (χ0v) is 12.4. The van der Waals surface area contributed by atoms with E-state index >= 15 is 0 Å². The van der Waals surface area contributed by atoms with Gasteiger partial charge in [-0.15, -0.1) is 0 Å². The molecule has 0 aliphatic heterocycles. The van der Waals surface area contributed by atoms with Crippen molar-refractivity contribution in [2.75, 3.05) is 11.9 Å². The molecule has 1 aromatic carbocycles. The van der Waals surface area contributed by atoms with Gasteiger partial charge < -0.3 is 10.6 Å². The van der Waals surface area contributed by atoms with Crippen LogP contribution < -0.4 is 10.6 Å². The molecule has 0 radical (unpaired) electrons. The van der Waals surface area contributed by atoms with Crippen LogP contribution in [0.1, 0.15) is 12.8 Å². The summed E-state index contributed by atoms with van der Waals surface area (Å²) in [4.78, 5) is 11.7. The lowest BCUT2D eigenvalue weighted by Crippen LogP contribution is -2.31. The average Bonchev–Trinajstić information content (AvgIpc) is 3.07. The topological polar surface area (TPSA) is 59.0 Å². The van der Waals surface area contributed by atoms with Crippen LogP contribution in [0.15, 0.2) is 41.1 Å². The number of aromatic nitrogens is 2. The molecule has 104 valence electrons. The van der Waals surface area contributed by atoms with E-state index in [0.29, 0.717) is 6.04 Å². The van der Waals surface area contributed by atoms with E-state index in [1.165, 1.54) is 0 Å². The predicted molar refractivity (Wildman–Crippen MR) is 80.9 cm³/mol. The fraction of sp³-hybridized carbons (Fsp3) is 0.286. The molecule has 0 spiro atoms. The summed E-state index contributed by atoms with van der Waals surface area (Å²) >= 11 is 3.45. The predicted octanol–water partition coefficient (Wildman–Crippen LogP) is 2.33. The Kier molecular flexibility index (Phi) is 3.73. The van der Waals surface area contributed by atoms with Gasteiger partial charge in [0.15, 0.2) is 0 Å². The van der Waals surface area contributed by atoms with Crippen LogP contribution in [0.4, 0.5) is 5.69 Å². The first-order chi connectivity index (χ1) is 9.72. The number of benzene rings is 1. The second kappa shape index (κ2) is 5.66. The Morgan fingerprint density at radius 2 is 2.30 bits per heavy atom. The highest BCUT2D eigenvalue weighted by molar-refractivity contribution is 9.10. The van der Waals surface area contributed by atoms with E-state index in [2.05, 4.69) is 31.7 Å². The summed E-state index contributed by atoms with van der Waals surface area (Å²) in [6.45, 7) is 0.265. The van der Waals surface area contributed by atoms with Gasteiger partial charge in [-0.05, 0) is 37.1 Å². The number of rotatable bonds is 5. The van der Waals surface area contributed by atoms with Crippen molar-refractivity contribution < 1.29 is 4.79 Å². The minimum absolute atomic E-state index is 0.0268. The number of halogens is 1. The van der Waals surface area contributed by atoms with E-state index in [-0.39, 0.29) is 12.5 Å². The first kappa shape index (κ1) is 13.2. The average molecular weight is 335 g/mol. The molecule has 2 aromatic rings. The second-order valence-corrected chi connectivity index (χ2v) is 5.72. The molecule has 3 rings (SSSR count). The van der Waals surface area contributed by atoms with Crippen molar-refractivity contribution in [2.24, 2.45) is 0 Å². The van der Waals surface area contributed by atoms with Crippen molar-refractivity contribution in [3.63, 3.8) is 0 Å². The van der Waals surface area contributed by atoms with Crippen molar-refractivity contribution in [3.8, 4) is 5.69 Å². The lowest BCUT2D eigenvalue weighted by Gasteiger charge is -2.12. The Balaban J connectivity index is 1.73. The lowest BCUT2D eigenvalue weighted by atomic mass is 10.2. The Morgan fingerprint density at radius 3 is 3.00 bits per heavy atom. The molecule has 1 heterocycles. The summed E-state index contributed by atoms with van der Waals surface area (Å²) in [6, 6.07) is 8.11. The molecule has 6 heteroatoms. The molecule has 0 atom stereocenters. The highest BCUT2D eigenvalue weighted by Crippen LogP contribution is 2.24. The fourth-order valence-corrected chi connectivity index (χ4v) is 2.30. The summed E-state index contributed by atoms with van der Waals surface area (Å²) in [7, 11) is 0. The van der Waals surface area contributed by atoms with Crippen molar-refractivity contribution in [3.05, 3.63) is 41.1 Å². The molecule has 1 aliphatic rings. The van der Waals surface area contributed by atoms with Crippen molar-refractivity contribution in [1.82, 2.24) is 15.1 Å². The molecule has 0 unspecified atom stereocenters. The molecule has 1 saturated carbocycles. The quantitative estimate of drug-likeness (QED) is 0.882. The zero-order chi connectivity index (χ0) is 13.9. The second-order valence-electron chi connectivity index (χ2n) is 4.81. The van der Waals surface area contributed by atoms with Gasteiger partial charge in [0.2, 0.25) is 5.91 Å². The van der Waals surface area contributed by atoms with Crippen molar-refractivity contribution in [1.29, 1.82) is 0 Å². The van der Waals surface area contributed by atoms with Gasteiger partial charge in [-0.2, -0.15) is 5.10 Å². The molecule has 0 bridgehead atoms. The maximum Gasteiger partial charge on any atom is 0.239 e. The minimum atomic E-state index is 0.0268. The summed E-state index contributed by atoms with van der Waals surface area (Å²) in [5, 5.41) is 10.4.